The number of fused-ring (bicyclic) bond motifs is 1. The lowest BCUT2D eigenvalue weighted by atomic mass is 9.81. The van der Waals surface area contributed by atoms with Crippen molar-refractivity contribution >= 4 is 11.9 Å². The highest BCUT2D eigenvalue weighted by Crippen LogP contribution is 2.36. The van der Waals surface area contributed by atoms with E-state index in [-0.39, 0.29) is 23.7 Å². The molecule has 0 spiro atoms. The van der Waals surface area contributed by atoms with E-state index < -0.39 is 0 Å². The summed E-state index contributed by atoms with van der Waals surface area (Å²) >= 11 is 0. The van der Waals surface area contributed by atoms with E-state index in [1.54, 1.807) is 12.1 Å². The van der Waals surface area contributed by atoms with Gasteiger partial charge in [0, 0.05) is 56.8 Å². The van der Waals surface area contributed by atoms with Crippen LogP contribution in [0.25, 0.3) is 11.1 Å². The molecule has 1 aliphatic carbocycles. The zero-order valence-corrected chi connectivity index (χ0v) is 19.4. The van der Waals surface area contributed by atoms with Crippen LogP contribution in [0.2, 0.25) is 0 Å². The Balaban J connectivity index is 1.32. The summed E-state index contributed by atoms with van der Waals surface area (Å²) in [5, 5.41) is 0. The maximum absolute atomic E-state index is 13.5. The Bertz CT molecular complexity index is 989. The van der Waals surface area contributed by atoms with Gasteiger partial charge in [0.25, 0.3) is 0 Å². The van der Waals surface area contributed by atoms with Crippen LogP contribution in [-0.2, 0) is 4.79 Å². The van der Waals surface area contributed by atoms with Crippen molar-refractivity contribution in [3.8, 4) is 11.1 Å². The number of nitrogens with one attached hydrogen (secondary N) is 2. The highest BCUT2D eigenvalue weighted by molar-refractivity contribution is 5.83. The summed E-state index contributed by atoms with van der Waals surface area (Å²) in [4.78, 5) is 26.6. The fourth-order valence-corrected chi connectivity index (χ4v) is 5.62. The first-order valence-corrected chi connectivity index (χ1v) is 12.1. The Morgan fingerprint density at radius 2 is 1.79 bits per heavy atom. The van der Waals surface area contributed by atoms with E-state index in [0.29, 0.717) is 17.9 Å². The maximum atomic E-state index is 13.5. The molecule has 5 rings (SSSR count). The van der Waals surface area contributed by atoms with Gasteiger partial charge in [0.15, 0.2) is 0 Å². The number of nitrogens with zero attached hydrogens (tertiary/aromatic N) is 4. The molecule has 3 aliphatic rings. The molecule has 8 heteroatoms. The number of carbonyl (C=O) groups excluding carboxylic acids is 1. The summed E-state index contributed by atoms with van der Waals surface area (Å²) < 4.78 is 13.5. The quantitative estimate of drug-likeness (QED) is 0.743. The largest absolute Gasteiger partial charge is 0.347 e. The van der Waals surface area contributed by atoms with Crippen LogP contribution in [0.15, 0.2) is 30.5 Å². The summed E-state index contributed by atoms with van der Waals surface area (Å²) in [5.74, 6) is 1.27. The minimum Gasteiger partial charge on any atom is -0.347 e. The number of rotatable bonds is 4. The molecule has 0 radical (unpaired) electrons. The number of benzene rings is 1. The lowest BCUT2D eigenvalue weighted by Gasteiger charge is -2.35. The van der Waals surface area contributed by atoms with Gasteiger partial charge in [-0.3, -0.25) is 10.2 Å². The van der Waals surface area contributed by atoms with Crippen molar-refractivity contribution in [2.45, 2.75) is 56.5 Å². The van der Waals surface area contributed by atoms with Gasteiger partial charge in [0.2, 0.25) is 11.9 Å². The number of hydrogen-bond donors (Lipinski definition) is 2. The first-order valence-electron chi connectivity index (χ1n) is 12.1. The van der Waals surface area contributed by atoms with Crippen LogP contribution in [0.4, 0.5) is 10.3 Å². The number of piperidine rings is 1. The zero-order chi connectivity index (χ0) is 22.9. The number of hydrogen-bond acceptors (Lipinski definition) is 6. The summed E-state index contributed by atoms with van der Waals surface area (Å²) in [7, 11) is 3.86. The van der Waals surface area contributed by atoms with Crippen molar-refractivity contribution in [3.05, 3.63) is 42.0 Å². The second kappa shape index (κ2) is 9.35. The molecule has 0 bridgehead atoms. The predicted octanol–water partition coefficient (Wildman–Crippen LogP) is 3.09. The van der Waals surface area contributed by atoms with Crippen molar-refractivity contribution in [3.63, 3.8) is 0 Å². The third kappa shape index (κ3) is 4.46. The van der Waals surface area contributed by atoms with Gasteiger partial charge in [0.05, 0.1) is 5.69 Å². The molecule has 176 valence electrons. The molecular formula is C25H33FN6O. The molecule has 3 atom stereocenters. The van der Waals surface area contributed by atoms with E-state index in [0.717, 1.165) is 55.6 Å². The van der Waals surface area contributed by atoms with Crippen LogP contribution in [0.5, 0.6) is 0 Å². The first kappa shape index (κ1) is 22.2. The molecule has 2 aliphatic heterocycles. The predicted molar refractivity (Wildman–Crippen MR) is 126 cm³/mol. The topological polar surface area (TPSA) is 73.4 Å². The average molecular weight is 453 g/mol. The normalized spacial score (nSPS) is 25.7. The molecule has 2 saturated heterocycles. The molecule has 1 amide bonds. The van der Waals surface area contributed by atoms with Crippen LogP contribution >= 0.6 is 0 Å². The van der Waals surface area contributed by atoms with Crippen LogP contribution in [0, 0.1) is 11.7 Å². The van der Waals surface area contributed by atoms with E-state index in [4.69, 9.17) is 4.98 Å². The molecule has 3 fully saturated rings. The van der Waals surface area contributed by atoms with Crippen molar-refractivity contribution in [1.82, 2.24) is 25.7 Å². The average Bonchev–Trinajstić information content (AvgIpc) is 3.28. The van der Waals surface area contributed by atoms with Crippen LogP contribution < -0.4 is 15.8 Å². The highest BCUT2D eigenvalue weighted by atomic mass is 19.1. The minimum atomic E-state index is -0.256. The second-order valence-corrected chi connectivity index (χ2v) is 9.79. The molecule has 33 heavy (non-hydrogen) atoms. The summed E-state index contributed by atoms with van der Waals surface area (Å²) in [6, 6.07) is 6.83. The van der Waals surface area contributed by atoms with Gasteiger partial charge in [-0.15, -0.1) is 0 Å². The number of anilines is 1. The highest BCUT2D eigenvalue weighted by Gasteiger charge is 2.43. The molecular weight excluding hydrogens is 419 g/mol. The standard InChI is InChI=1S/C25H33FN6O/c1-31(2)25-27-15-20(16-7-9-18(26)10-8-16)22(28-25)17-11-13-32(14-12-17)24(33)23-19-5-3-4-6-21(19)29-30-23/h7-10,15,17,19,21,23,29-30H,3-6,11-14H2,1-2H3. The van der Waals surface area contributed by atoms with E-state index in [1.807, 2.05) is 30.1 Å². The number of carbonyl (C=O) groups is 1. The molecule has 2 aromatic rings. The third-order valence-electron chi connectivity index (χ3n) is 7.49. The van der Waals surface area contributed by atoms with Gasteiger partial charge in [-0.1, -0.05) is 25.0 Å². The Kier molecular flexibility index (Phi) is 6.29. The van der Waals surface area contributed by atoms with Crippen LogP contribution in [-0.4, -0.2) is 60.0 Å². The lowest BCUT2D eigenvalue weighted by molar-refractivity contribution is -0.135. The maximum Gasteiger partial charge on any atom is 0.241 e. The van der Waals surface area contributed by atoms with Crippen molar-refractivity contribution in [2.75, 3.05) is 32.1 Å². The Labute approximate surface area is 194 Å². The van der Waals surface area contributed by atoms with Gasteiger partial charge in [-0.2, -0.15) is 0 Å². The number of halogens is 1. The molecule has 3 unspecified atom stereocenters. The van der Waals surface area contributed by atoms with E-state index >= 15 is 0 Å². The fraction of sp³-hybridized carbons (Fsp3) is 0.560. The Morgan fingerprint density at radius 1 is 1.06 bits per heavy atom. The molecule has 3 heterocycles. The number of amides is 1. The molecule has 1 aromatic heterocycles. The second-order valence-electron chi connectivity index (χ2n) is 9.79. The van der Waals surface area contributed by atoms with E-state index in [9.17, 15) is 9.18 Å². The van der Waals surface area contributed by atoms with Gasteiger partial charge in [0.1, 0.15) is 11.9 Å². The molecule has 1 saturated carbocycles. The van der Waals surface area contributed by atoms with Crippen molar-refractivity contribution in [2.24, 2.45) is 5.92 Å². The number of hydrazine groups is 1. The fourth-order valence-electron chi connectivity index (χ4n) is 5.62. The van der Waals surface area contributed by atoms with Crippen molar-refractivity contribution in [1.29, 1.82) is 0 Å². The smallest absolute Gasteiger partial charge is 0.241 e. The van der Waals surface area contributed by atoms with Gasteiger partial charge in [-0.25, -0.2) is 19.8 Å². The Morgan fingerprint density at radius 3 is 2.52 bits per heavy atom. The molecule has 2 N–H and O–H groups in total. The van der Waals surface area contributed by atoms with Crippen LogP contribution in [0.3, 0.4) is 0 Å². The summed E-state index contributed by atoms with van der Waals surface area (Å²) in [5.41, 5.74) is 9.50. The van der Waals surface area contributed by atoms with E-state index in [1.165, 1.54) is 25.0 Å². The van der Waals surface area contributed by atoms with Gasteiger partial charge >= 0.3 is 0 Å². The number of likely N-dealkylation sites (tertiary alicyclic amines) is 1. The van der Waals surface area contributed by atoms with Gasteiger partial charge < -0.3 is 9.80 Å². The monoisotopic (exact) mass is 452 g/mol. The van der Waals surface area contributed by atoms with Gasteiger partial charge in [-0.05, 0) is 43.4 Å². The Hall–Kier alpha value is -2.58. The lowest BCUT2D eigenvalue weighted by Crippen LogP contribution is -2.50. The zero-order valence-electron chi connectivity index (χ0n) is 19.4. The molecule has 7 nitrogen and oxygen atoms in total. The third-order valence-corrected chi connectivity index (χ3v) is 7.49. The minimum absolute atomic E-state index is 0.110. The summed E-state index contributed by atoms with van der Waals surface area (Å²) in [6.45, 7) is 1.45. The number of aromatic nitrogens is 2. The van der Waals surface area contributed by atoms with Crippen molar-refractivity contribution < 1.29 is 9.18 Å². The van der Waals surface area contributed by atoms with Crippen LogP contribution in [0.1, 0.15) is 50.1 Å². The summed E-state index contributed by atoms with van der Waals surface area (Å²) in [6.07, 6.45) is 8.29. The SMILES string of the molecule is CN(C)c1ncc(-c2ccc(F)cc2)c(C2CCN(C(=O)C3NNC4CCCCC43)CC2)n1. The first-order chi connectivity index (χ1) is 16.0. The molecule has 1 aromatic carbocycles. The van der Waals surface area contributed by atoms with E-state index in [2.05, 4.69) is 15.8 Å².